The molecule has 0 radical (unpaired) electrons. The average molecular weight is 443 g/mol. The summed E-state index contributed by atoms with van der Waals surface area (Å²) >= 11 is 5.29. The van der Waals surface area contributed by atoms with Gasteiger partial charge in [-0.25, -0.2) is 4.98 Å². The monoisotopic (exact) mass is 442 g/mol. The van der Waals surface area contributed by atoms with Crippen LogP contribution in [0.5, 0.6) is 0 Å². The molecule has 0 bridgehead atoms. The van der Waals surface area contributed by atoms with Gasteiger partial charge in [0.05, 0.1) is 12.0 Å². The number of amides is 1. The lowest BCUT2D eigenvalue weighted by atomic mass is 9.91. The molecular weight excluding hydrogens is 412 g/mol. The van der Waals surface area contributed by atoms with E-state index in [1.807, 2.05) is 14.1 Å². The van der Waals surface area contributed by atoms with E-state index >= 15 is 0 Å². The molecule has 2 aromatic rings. The van der Waals surface area contributed by atoms with Crippen LogP contribution in [0, 0.1) is 0 Å². The highest BCUT2D eigenvalue weighted by atomic mass is 32.1. The number of fused-ring (bicyclic) bond motifs is 1. The van der Waals surface area contributed by atoms with Gasteiger partial charge < -0.3 is 20.0 Å². The second-order valence-corrected chi connectivity index (χ2v) is 8.90. The average Bonchev–Trinajstić information content (AvgIpc) is 3.29. The van der Waals surface area contributed by atoms with Crippen molar-refractivity contribution in [1.82, 2.24) is 20.6 Å². The SMILES string of the molecule is CN(C)c1nc(N[C@H]2CC[C@@H](NC(=S)NC(=O)c3ccco3)CC2)nc2c1CCCC2. The lowest BCUT2D eigenvalue weighted by Crippen LogP contribution is -2.46. The van der Waals surface area contributed by atoms with Gasteiger partial charge in [-0.1, -0.05) is 0 Å². The van der Waals surface area contributed by atoms with Crippen LogP contribution in [0.3, 0.4) is 0 Å². The Labute approximate surface area is 188 Å². The first kappa shape index (κ1) is 21.5. The summed E-state index contributed by atoms with van der Waals surface area (Å²) in [6.45, 7) is 0. The van der Waals surface area contributed by atoms with E-state index in [1.54, 1.807) is 12.1 Å². The Morgan fingerprint density at radius 2 is 1.87 bits per heavy atom. The smallest absolute Gasteiger partial charge is 0.293 e. The van der Waals surface area contributed by atoms with Gasteiger partial charge in [-0.3, -0.25) is 10.1 Å². The molecule has 1 fully saturated rings. The van der Waals surface area contributed by atoms with Crippen LogP contribution < -0.4 is 20.9 Å². The van der Waals surface area contributed by atoms with Crippen molar-refractivity contribution in [2.75, 3.05) is 24.3 Å². The van der Waals surface area contributed by atoms with Crippen LogP contribution in [0.2, 0.25) is 0 Å². The molecule has 0 aliphatic heterocycles. The first-order chi connectivity index (χ1) is 15.0. The molecule has 1 amide bonds. The van der Waals surface area contributed by atoms with E-state index in [-0.39, 0.29) is 17.7 Å². The van der Waals surface area contributed by atoms with E-state index in [2.05, 4.69) is 20.9 Å². The van der Waals surface area contributed by atoms with Crippen LogP contribution in [0.1, 0.15) is 60.3 Å². The topological polar surface area (TPSA) is 95.3 Å². The Morgan fingerprint density at radius 3 is 2.58 bits per heavy atom. The van der Waals surface area contributed by atoms with Crippen LogP contribution in [0.15, 0.2) is 22.8 Å². The maximum Gasteiger partial charge on any atom is 0.293 e. The standard InChI is InChI=1S/C22H30N6O2S/c1-28(2)19-16-6-3-4-7-17(16)25-21(26-19)23-14-9-11-15(12-10-14)24-22(31)27-20(29)18-8-5-13-30-18/h5,8,13-15H,3-4,6-7,9-12H2,1-2H3,(H,23,25,26)(H2,24,27,29,31)/t14-,15+. The van der Waals surface area contributed by atoms with Crippen LogP contribution in [0.4, 0.5) is 11.8 Å². The Kier molecular flexibility index (Phi) is 6.70. The number of thiocarbonyl (C=S) groups is 1. The van der Waals surface area contributed by atoms with Crippen molar-refractivity contribution >= 4 is 35.0 Å². The first-order valence-electron chi connectivity index (χ1n) is 11.0. The number of hydrogen-bond acceptors (Lipinski definition) is 7. The summed E-state index contributed by atoms with van der Waals surface area (Å²) in [5.41, 5.74) is 2.50. The van der Waals surface area contributed by atoms with Crippen molar-refractivity contribution in [3.05, 3.63) is 35.4 Å². The van der Waals surface area contributed by atoms with Crippen LogP contribution in [0.25, 0.3) is 0 Å². The van der Waals surface area contributed by atoms with E-state index in [1.165, 1.54) is 30.4 Å². The number of nitrogens with one attached hydrogen (secondary N) is 3. The zero-order chi connectivity index (χ0) is 21.8. The minimum atomic E-state index is -0.334. The normalized spacial score (nSPS) is 20.5. The summed E-state index contributed by atoms with van der Waals surface area (Å²) < 4.78 is 5.09. The fourth-order valence-corrected chi connectivity index (χ4v) is 4.63. The van der Waals surface area contributed by atoms with Gasteiger partial charge in [-0.2, -0.15) is 4.98 Å². The molecule has 0 unspecified atom stereocenters. The van der Waals surface area contributed by atoms with Gasteiger partial charge in [0.25, 0.3) is 5.91 Å². The molecule has 2 heterocycles. The molecule has 1 saturated carbocycles. The van der Waals surface area contributed by atoms with Crippen molar-refractivity contribution < 1.29 is 9.21 Å². The number of furan rings is 1. The number of rotatable bonds is 5. The highest BCUT2D eigenvalue weighted by Crippen LogP contribution is 2.29. The van der Waals surface area contributed by atoms with Gasteiger partial charge in [-0.15, -0.1) is 0 Å². The summed E-state index contributed by atoms with van der Waals surface area (Å²) in [5, 5.41) is 9.83. The summed E-state index contributed by atoms with van der Waals surface area (Å²) in [6.07, 6.45) is 9.87. The molecular formula is C22H30N6O2S. The van der Waals surface area contributed by atoms with Crippen molar-refractivity contribution in [2.24, 2.45) is 0 Å². The van der Waals surface area contributed by atoms with Crippen molar-refractivity contribution in [3.63, 3.8) is 0 Å². The van der Waals surface area contributed by atoms with Crippen LogP contribution in [-0.2, 0) is 12.8 Å². The number of nitrogens with zero attached hydrogens (tertiary/aromatic N) is 3. The van der Waals surface area contributed by atoms with Crippen LogP contribution in [-0.4, -0.2) is 47.2 Å². The summed E-state index contributed by atoms with van der Waals surface area (Å²) in [7, 11) is 4.09. The van der Waals surface area contributed by atoms with Gasteiger partial charge in [0.2, 0.25) is 5.95 Å². The zero-order valence-electron chi connectivity index (χ0n) is 18.1. The van der Waals surface area contributed by atoms with E-state index in [0.717, 1.165) is 50.3 Å². The zero-order valence-corrected chi connectivity index (χ0v) is 18.9. The number of aryl methyl sites for hydroxylation is 1. The maximum absolute atomic E-state index is 12.0. The van der Waals surface area contributed by atoms with Gasteiger partial charge in [0, 0.05) is 31.7 Å². The molecule has 166 valence electrons. The largest absolute Gasteiger partial charge is 0.459 e. The third-order valence-corrected chi connectivity index (χ3v) is 6.17. The summed E-state index contributed by atoms with van der Waals surface area (Å²) in [5.74, 6) is 1.69. The Hall–Kier alpha value is -2.68. The van der Waals surface area contributed by atoms with Crippen LogP contribution >= 0.6 is 12.2 Å². The number of aromatic nitrogens is 2. The molecule has 4 rings (SSSR count). The number of carbonyl (C=O) groups excluding carboxylic acids is 1. The fraction of sp³-hybridized carbons (Fsp3) is 0.545. The second-order valence-electron chi connectivity index (χ2n) is 8.50. The molecule has 9 heteroatoms. The van der Waals surface area contributed by atoms with Gasteiger partial charge >= 0.3 is 0 Å². The minimum absolute atomic E-state index is 0.240. The lowest BCUT2D eigenvalue weighted by molar-refractivity contribution is 0.0949. The Morgan fingerprint density at radius 1 is 1.13 bits per heavy atom. The third-order valence-electron chi connectivity index (χ3n) is 5.95. The summed E-state index contributed by atoms with van der Waals surface area (Å²) in [6, 6.07) is 3.86. The van der Waals surface area contributed by atoms with Crippen molar-refractivity contribution in [3.8, 4) is 0 Å². The Bertz CT molecular complexity index is 922. The summed E-state index contributed by atoms with van der Waals surface area (Å²) in [4.78, 5) is 23.8. The van der Waals surface area contributed by atoms with Gasteiger partial charge in [0.1, 0.15) is 5.82 Å². The minimum Gasteiger partial charge on any atom is -0.459 e. The highest BCUT2D eigenvalue weighted by molar-refractivity contribution is 7.80. The third kappa shape index (κ3) is 5.33. The van der Waals surface area contributed by atoms with Gasteiger partial charge in [-0.05, 0) is 75.7 Å². The molecule has 3 N–H and O–H groups in total. The number of carbonyl (C=O) groups is 1. The van der Waals surface area contributed by atoms with E-state index in [0.29, 0.717) is 11.2 Å². The molecule has 0 atom stereocenters. The number of anilines is 2. The molecule has 8 nitrogen and oxygen atoms in total. The van der Waals surface area contributed by atoms with E-state index in [9.17, 15) is 4.79 Å². The van der Waals surface area contributed by atoms with Crippen molar-refractivity contribution in [1.29, 1.82) is 0 Å². The molecule has 0 spiro atoms. The molecule has 2 aliphatic rings. The fourth-order valence-electron chi connectivity index (χ4n) is 4.37. The highest BCUT2D eigenvalue weighted by Gasteiger charge is 2.24. The first-order valence-corrected chi connectivity index (χ1v) is 11.4. The molecule has 31 heavy (non-hydrogen) atoms. The van der Waals surface area contributed by atoms with Crippen molar-refractivity contribution in [2.45, 2.75) is 63.5 Å². The second kappa shape index (κ2) is 9.64. The predicted molar refractivity (Wildman–Crippen MR) is 125 cm³/mol. The Balaban J connectivity index is 1.29. The lowest BCUT2D eigenvalue weighted by Gasteiger charge is -2.31. The van der Waals surface area contributed by atoms with Gasteiger partial charge in [0.15, 0.2) is 10.9 Å². The quantitative estimate of drug-likeness (QED) is 0.608. The van der Waals surface area contributed by atoms with E-state index < -0.39 is 0 Å². The predicted octanol–water partition coefficient (Wildman–Crippen LogP) is 3.04. The van der Waals surface area contributed by atoms with E-state index in [4.69, 9.17) is 26.6 Å². The molecule has 2 aliphatic carbocycles. The molecule has 2 aromatic heterocycles. The maximum atomic E-state index is 12.0. The molecule has 0 aromatic carbocycles. The number of hydrogen-bond donors (Lipinski definition) is 3. The molecule has 0 saturated heterocycles.